The van der Waals surface area contributed by atoms with Gasteiger partial charge < -0.3 is 40.3 Å². The Bertz CT molecular complexity index is 1120. The van der Waals surface area contributed by atoms with Crippen molar-refractivity contribution in [2.24, 2.45) is 17.8 Å². The van der Waals surface area contributed by atoms with Crippen molar-refractivity contribution in [2.75, 3.05) is 54.6 Å². The molecule has 1 aromatic rings. The number of carbonyl (C=O) groups excluding carboxylic acids is 4. The lowest BCUT2D eigenvalue weighted by molar-refractivity contribution is -0.145. The first-order chi connectivity index (χ1) is 24.4. The van der Waals surface area contributed by atoms with E-state index in [0.717, 1.165) is 18.8 Å². The molecule has 0 radical (unpaired) electrons. The zero-order valence-electron chi connectivity index (χ0n) is 35.1. The first kappa shape index (κ1) is 51.5. The van der Waals surface area contributed by atoms with E-state index in [0.29, 0.717) is 13.0 Å². The molecule has 0 aliphatic carbocycles. The minimum Gasteiger partial charge on any atom is -0.395 e. The summed E-state index contributed by atoms with van der Waals surface area (Å²) in [5.74, 6) is -0.598. The van der Waals surface area contributed by atoms with Crippen molar-refractivity contribution in [3.05, 3.63) is 22.4 Å². The summed E-state index contributed by atoms with van der Waals surface area (Å²) in [5, 5.41) is 19.4. The van der Waals surface area contributed by atoms with E-state index in [4.69, 9.17) is 14.6 Å². The number of aryl methyl sites for hydroxylation is 1. The van der Waals surface area contributed by atoms with Gasteiger partial charge >= 0.3 is 0 Å². The Morgan fingerprint density at radius 2 is 1.67 bits per heavy atom. The Hall–Kier alpha value is -2.58. The topological polar surface area (TPSA) is 150 Å². The number of hydrogen-bond donors (Lipinski definition) is 4. The minimum absolute atomic E-state index is 0.0208. The fourth-order valence-corrected chi connectivity index (χ4v) is 6.17. The van der Waals surface area contributed by atoms with Crippen molar-refractivity contribution in [2.45, 2.75) is 132 Å². The molecule has 4 N–H and O–H groups in total. The van der Waals surface area contributed by atoms with Crippen LogP contribution in [0.3, 0.4) is 0 Å². The molecule has 0 aromatic carbocycles. The second kappa shape index (κ2) is 27.9. The molecule has 0 saturated carbocycles. The first-order valence-corrected chi connectivity index (χ1v) is 19.8. The monoisotopic (exact) mass is 758 g/mol. The van der Waals surface area contributed by atoms with Gasteiger partial charge in [0.15, 0.2) is 0 Å². The molecule has 6 atom stereocenters. The van der Waals surface area contributed by atoms with Crippen molar-refractivity contribution in [3.8, 4) is 0 Å². The van der Waals surface area contributed by atoms with Gasteiger partial charge in [0, 0.05) is 39.2 Å². The van der Waals surface area contributed by atoms with E-state index >= 15 is 0 Å². The second-order valence-corrected chi connectivity index (χ2v) is 15.3. The molecule has 2 rings (SSSR count). The second-order valence-electron chi connectivity index (χ2n) is 14.2. The number of thiophene rings is 1. The van der Waals surface area contributed by atoms with E-state index in [1.165, 1.54) is 19.1 Å². The number of methoxy groups -OCH3 is 2. The maximum atomic E-state index is 13.7. The number of aliphatic hydroxyl groups is 1. The molecule has 4 amide bonds. The highest BCUT2D eigenvalue weighted by molar-refractivity contribution is 7.09. The minimum atomic E-state index is -0.820. The summed E-state index contributed by atoms with van der Waals surface area (Å²) >= 11 is 1.78. The molecule has 1 aliphatic rings. The largest absolute Gasteiger partial charge is 0.395 e. The zero-order valence-corrected chi connectivity index (χ0v) is 35.9. The highest BCUT2D eigenvalue weighted by Gasteiger charge is 2.42. The average Bonchev–Trinajstić information content (AvgIpc) is 3.81. The lowest BCUT2D eigenvalue weighted by Crippen LogP contribution is -2.56. The SMILES string of the molecule is CC.CC(C)C.CCC(C)C(C(CC(=O)N1CCCC1C(OC)C(C)C(=O)NCCO)OC)N(C)C(=O)CNC(=O)C(C)(C)NC.Cc1cccs1. The molecule has 1 aromatic heterocycles. The molecule has 12 nitrogen and oxygen atoms in total. The fraction of sp³-hybridized carbons (Fsp3) is 0.795. The van der Waals surface area contributed by atoms with Crippen LogP contribution in [0.25, 0.3) is 0 Å². The summed E-state index contributed by atoms with van der Waals surface area (Å²) in [4.78, 5) is 56.6. The van der Waals surface area contributed by atoms with Crippen molar-refractivity contribution >= 4 is 35.0 Å². The van der Waals surface area contributed by atoms with Crippen LogP contribution in [0.5, 0.6) is 0 Å². The number of likely N-dealkylation sites (N-methyl/N-ethyl adjacent to an activating group) is 2. The fourth-order valence-electron chi connectivity index (χ4n) is 5.64. The molecular formula is C39H75N5O7S. The number of carbonyl (C=O) groups is 4. The van der Waals surface area contributed by atoms with Gasteiger partial charge in [0.1, 0.15) is 0 Å². The predicted octanol–water partition coefficient (Wildman–Crippen LogP) is 4.87. The predicted molar refractivity (Wildman–Crippen MR) is 213 cm³/mol. The Balaban J connectivity index is 0. The number of nitrogens with zero attached hydrogens (tertiary/aromatic N) is 2. The normalized spacial score (nSPS) is 16.7. The van der Waals surface area contributed by atoms with E-state index in [9.17, 15) is 19.2 Å². The van der Waals surface area contributed by atoms with Crippen LogP contribution in [0.2, 0.25) is 0 Å². The Morgan fingerprint density at radius 3 is 2.10 bits per heavy atom. The standard InChI is InChI=1S/C28H53N5O7.C5H6S.C4H10.C2H6/c1-10-18(2)24(32(7)23(36)17-31-27(38)28(4,5)29-6)21(39-8)16-22(35)33-14-11-12-20(33)25(40-9)19(3)26(37)30-13-15-34;1-5-3-2-4-6-5;1-4(2)3;1-2/h18-21,24-25,29,34H,10-17H2,1-9H3,(H,30,37)(H,31,38);2-4H,1H3;4H,1-3H3;1-2H3. The molecule has 2 heterocycles. The van der Waals surface area contributed by atoms with Gasteiger partial charge in [-0.3, -0.25) is 19.2 Å². The van der Waals surface area contributed by atoms with Gasteiger partial charge in [-0.15, -0.1) is 11.3 Å². The zero-order chi connectivity index (χ0) is 40.6. The van der Waals surface area contributed by atoms with E-state index in [2.05, 4.69) is 61.2 Å². The summed E-state index contributed by atoms with van der Waals surface area (Å²) in [5.41, 5.74) is -0.820. The third kappa shape index (κ3) is 18.4. The van der Waals surface area contributed by atoms with E-state index in [-0.39, 0.29) is 61.7 Å². The van der Waals surface area contributed by atoms with Gasteiger partial charge in [0.2, 0.25) is 23.6 Å². The van der Waals surface area contributed by atoms with Crippen molar-refractivity contribution in [3.63, 3.8) is 0 Å². The highest BCUT2D eigenvalue weighted by Crippen LogP contribution is 2.29. The van der Waals surface area contributed by atoms with Gasteiger partial charge in [-0.1, -0.05) is 67.9 Å². The van der Waals surface area contributed by atoms with Gasteiger partial charge in [0.25, 0.3) is 0 Å². The number of rotatable bonds is 17. The molecule has 6 unspecified atom stereocenters. The van der Waals surface area contributed by atoms with Crippen LogP contribution in [0.1, 0.15) is 99.8 Å². The van der Waals surface area contributed by atoms with Crippen molar-refractivity contribution in [1.29, 1.82) is 0 Å². The van der Waals surface area contributed by atoms with Crippen LogP contribution in [0.15, 0.2) is 17.5 Å². The third-order valence-corrected chi connectivity index (χ3v) is 9.77. The van der Waals surface area contributed by atoms with Crippen LogP contribution in [0, 0.1) is 24.7 Å². The molecule has 304 valence electrons. The molecule has 1 fully saturated rings. The highest BCUT2D eigenvalue weighted by atomic mass is 32.1. The van der Waals surface area contributed by atoms with Crippen molar-refractivity contribution < 1.29 is 33.8 Å². The lowest BCUT2D eigenvalue weighted by Gasteiger charge is -2.39. The molecule has 1 saturated heterocycles. The summed E-state index contributed by atoms with van der Waals surface area (Å²) in [6, 6.07) is 3.48. The van der Waals surface area contributed by atoms with Crippen LogP contribution in [-0.2, 0) is 28.7 Å². The van der Waals surface area contributed by atoms with E-state index < -0.39 is 29.7 Å². The molecular weight excluding hydrogens is 683 g/mol. The summed E-state index contributed by atoms with van der Waals surface area (Å²) in [6.07, 6.45) is 1.22. The average molecular weight is 758 g/mol. The van der Waals surface area contributed by atoms with Crippen LogP contribution >= 0.6 is 11.3 Å². The van der Waals surface area contributed by atoms with Gasteiger partial charge in [-0.2, -0.15) is 0 Å². The summed E-state index contributed by atoms with van der Waals surface area (Å²) < 4.78 is 11.5. The summed E-state index contributed by atoms with van der Waals surface area (Å²) in [6.45, 7) is 22.2. The number of aliphatic hydroxyl groups excluding tert-OH is 1. The van der Waals surface area contributed by atoms with Gasteiger partial charge in [-0.25, -0.2) is 0 Å². The lowest BCUT2D eigenvalue weighted by atomic mass is 9.90. The maximum Gasteiger partial charge on any atom is 0.242 e. The van der Waals surface area contributed by atoms with Crippen molar-refractivity contribution in [1.82, 2.24) is 25.8 Å². The third-order valence-electron chi connectivity index (χ3n) is 8.97. The molecule has 52 heavy (non-hydrogen) atoms. The van der Waals surface area contributed by atoms with Gasteiger partial charge in [0.05, 0.1) is 55.3 Å². The Labute approximate surface area is 320 Å². The number of ether oxygens (including phenoxy) is 2. The van der Waals surface area contributed by atoms with E-state index in [1.807, 2.05) is 27.7 Å². The Morgan fingerprint density at radius 1 is 1.08 bits per heavy atom. The van der Waals surface area contributed by atoms with Crippen LogP contribution < -0.4 is 16.0 Å². The smallest absolute Gasteiger partial charge is 0.242 e. The number of likely N-dealkylation sites (tertiary alicyclic amines) is 1. The first-order valence-electron chi connectivity index (χ1n) is 18.9. The summed E-state index contributed by atoms with van der Waals surface area (Å²) in [7, 11) is 6.43. The van der Waals surface area contributed by atoms with Crippen LogP contribution in [-0.4, -0.2) is 123 Å². The number of nitrogens with one attached hydrogen (secondary N) is 3. The number of hydrogen-bond acceptors (Lipinski definition) is 9. The quantitative estimate of drug-likeness (QED) is 0.176. The molecule has 13 heteroatoms. The van der Waals surface area contributed by atoms with E-state index in [1.54, 1.807) is 56.0 Å². The molecule has 1 aliphatic heterocycles. The van der Waals surface area contributed by atoms with Gasteiger partial charge in [-0.05, 0) is 63.9 Å². The molecule has 0 bridgehead atoms. The molecule has 0 spiro atoms. The Kier molecular flexibility index (Phi) is 27.7. The van der Waals surface area contributed by atoms with Crippen LogP contribution in [0.4, 0.5) is 0 Å². The number of amides is 4. The maximum absolute atomic E-state index is 13.7.